The summed E-state index contributed by atoms with van der Waals surface area (Å²) in [6.45, 7) is 1.97. The van der Waals surface area contributed by atoms with E-state index in [9.17, 15) is 9.59 Å². The second-order valence-electron chi connectivity index (χ2n) is 4.32. The van der Waals surface area contributed by atoms with Crippen molar-refractivity contribution in [2.45, 2.75) is 6.92 Å². The molecule has 0 unspecified atom stereocenters. The molecule has 0 saturated carbocycles. The van der Waals surface area contributed by atoms with Crippen molar-refractivity contribution in [3.05, 3.63) is 40.3 Å². The first kappa shape index (κ1) is 15.6. The van der Waals surface area contributed by atoms with Crippen molar-refractivity contribution < 1.29 is 23.4 Å². The lowest BCUT2D eigenvalue weighted by atomic mass is 10.1. The largest absolute Gasteiger partial charge is 0.493 e. The maximum Gasteiger partial charge on any atom is 0.343 e. The van der Waals surface area contributed by atoms with E-state index in [1.165, 1.54) is 26.4 Å². The summed E-state index contributed by atoms with van der Waals surface area (Å²) in [7, 11) is 3.02. The average molecular weight is 304 g/mol. The summed E-state index contributed by atoms with van der Waals surface area (Å²) >= 11 is 0. The van der Waals surface area contributed by atoms with Crippen LogP contribution in [-0.4, -0.2) is 26.8 Å². The third-order valence-corrected chi connectivity index (χ3v) is 2.95. The van der Waals surface area contributed by atoms with E-state index < -0.39 is 11.6 Å². The van der Waals surface area contributed by atoms with Crippen LogP contribution in [0.2, 0.25) is 0 Å². The van der Waals surface area contributed by atoms with Crippen LogP contribution in [0.25, 0.3) is 17.0 Å². The van der Waals surface area contributed by atoms with Crippen LogP contribution in [0.3, 0.4) is 0 Å². The first-order valence-electron chi connectivity index (χ1n) is 6.63. The summed E-state index contributed by atoms with van der Waals surface area (Å²) in [5, 5.41) is 0.653. The van der Waals surface area contributed by atoms with Gasteiger partial charge in [-0.2, -0.15) is 0 Å². The molecule has 0 aliphatic rings. The zero-order valence-electron chi connectivity index (χ0n) is 12.5. The van der Waals surface area contributed by atoms with Crippen molar-refractivity contribution in [2.24, 2.45) is 0 Å². The molecule has 22 heavy (non-hydrogen) atoms. The van der Waals surface area contributed by atoms with Gasteiger partial charge in [-0.3, -0.25) is 0 Å². The van der Waals surface area contributed by atoms with E-state index >= 15 is 0 Å². The highest BCUT2D eigenvalue weighted by atomic mass is 16.5. The van der Waals surface area contributed by atoms with Gasteiger partial charge >= 0.3 is 11.6 Å². The van der Waals surface area contributed by atoms with Crippen molar-refractivity contribution in [1.29, 1.82) is 0 Å². The maximum absolute atomic E-state index is 11.9. The topological polar surface area (TPSA) is 75.0 Å². The van der Waals surface area contributed by atoms with Gasteiger partial charge < -0.3 is 18.6 Å². The van der Waals surface area contributed by atoms with Crippen LogP contribution < -0.4 is 15.1 Å². The smallest absolute Gasteiger partial charge is 0.343 e. The van der Waals surface area contributed by atoms with Crippen LogP contribution in [0, 0.1) is 0 Å². The number of hydrogen-bond acceptors (Lipinski definition) is 6. The first-order chi connectivity index (χ1) is 10.6. The molecule has 0 radical (unpaired) electrons. The number of methoxy groups -OCH3 is 2. The number of carbonyl (C=O) groups is 1. The Bertz CT molecular complexity index is 772. The molecule has 116 valence electrons. The lowest BCUT2D eigenvalue weighted by Gasteiger charge is -2.08. The van der Waals surface area contributed by atoms with E-state index in [1.807, 2.05) is 0 Å². The molecule has 6 nitrogen and oxygen atoms in total. The normalized spacial score (nSPS) is 10.9. The Morgan fingerprint density at radius 3 is 2.50 bits per heavy atom. The molecule has 1 aromatic carbocycles. The fourth-order valence-electron chi connectivity index (χ4n) is 1.93. The Balaban J connectivity index is 2.48. The highest BCUT2D eigenvalue weighted by Crippen LogP contribution is 2.31. The number of ether oxygens (including phenoxy) is 3. The van der Waals surface area contributed by atoms with Gasteiger partial charge in [-0.15, -0.1) is 0 Å². The number of benzene rings is 1. The molecule has 2 aromatic rings. The monoisotopic (exact) mass is 304 g/mol. The zero-order chi connectivity index (χ0) is 16.1. The predicted molar refractivity (Wildman–Crippen MR) is 81.3 cm³/mol. The molecule has 0 amide bonds. The number of fused-ring (bicyclic) bond motifs is 1. The fourth-order valence-corrected chi connectivity index (χ4v) is 1.93. The molecule has 1 heterocycles. The van der Waals surface area contributed by atoms with E-state index in [0.29, 0.717) is 22.5 Å². The van der Waals surface area contributed by atoms with Crippen molar-refractivity contribution in [3.8, 4) is 11.5 Å². The molecule has 0 saturated heterocycles. The number of esters is 1. The summed E-state index contributed by atoms with van der Waals surface area (Å²) in [5.41, 5.74) is 0.0592. The van der Waals surface area contributed by atoms with Crippen LogP contribution in [-0.2, 0) is 9.53 Å². The van der Waals surface area contributed by atoms with Crippen LogP contribution in [0.15, 0.2) is 33.5 Å². The van der Waals surface area contributed by atoms with Crippen molar-refractivity contribution in [2.75, 3.05) is 20.8 Å². The molecule has 0 fully saturated rings. The minimum atomic E-state index is -0.555. The zero-order valence-corrected chi connectivity index (χ0v) is 12.5. The second kappa shape index (κ2) is 6.80. The Labute approximate surface area is 126 Å². The van der Waals surface area contributed by atoms with Gasteiger partial charge in [0.2, 0.25) is 0 Å². The summed E-state index contributed by atoms with van der Waals surface area (Å²) in [5.74, 6) is 0.464. The van der Waals surface area contributed by atoms with Crippen molar-refractivity contribution in [3.63, 3.8) is 0 Å². The summed E-state index contributed by atoms with van der Waals surface area (Å²) in [6, 6.07) is 4.88. The Hall–Kier alpha value is -2.76. The molecule has 0 N–H and O–H groups in total. The Kier molecular flexibility index (Phi) is 4.83. The van der Waals surface area contributed by atoms with Crippen molar-refractivity contribution in [1.82, 2.24) is 0 Å². The first-order valence-corrected chi connectivity index (χ1v) is 6.63. The van der Waals surface area contributed by atoms with Gasteiger partial charge in [0.15, 0.2) is 11.5 Å². The third kappa shape index (κ3) is 3.28. The number of rotatable bonds is 5. The van der Waals surface area contributed by atoms with Gasteiger partial charge in [-0.05, 0) is 25.1 Å². The molecule has 2 rings (SSSR count). The highest BCUT2D eigenvalue weighted by molar-refractivity contribution is 5.88. The van der Waals surface area contributed by atoms with Gasteiger partial charge in [0.05, 0.1) is 26.4 Å². The summed E-state index contributed by atoms with van der Waals surface area (Å²) in [6.07, 6.45) is 2.54. The molecular formula is C16H16O6. The van der Waals surface area contributed by atoms with Gasteiger partial charge in [0, 0.05) is 17.5 Å². The van der Waals surface area contributed by atoms with Crippen LogP contribution >= 0.6 is 0 Å². The molecule has 1 aromatic heterocycles. The SMILES string of the molecule is CCOC(=O)/C=C/c1cc2cc(OC)c(OC)cc2oc1=O. The third-order valence-electron chi connectivity index (χ3n) is 2.95. The maximum atomic E-state index is 11.9. The molecule has 0 aliphatic carbocycles. The Morgan fingerprint density at radius 1 is 1.18 bits per heavy atom. The number of hydrogen-bond donors (Lipinski definition) is 0. The lowest BCUT2D eigenvalue weighted by molar-refractivity contribution is -0.137. The summed E-state index contributed by atoms with van der Waals surface area (Å²) in [4.78, 5) is 23.2. The van der Waals surface area contributed by atoms with E-state index in [0.717, 1.165) is 0 Å². The summed E-state index contributed by atoms with van der Waals surface area (Å²) < 4.78 is 20.4. The van der Waals surface area contributed by atoms with E-state index in [2.05, 4.69) is 0 Å². The minimum Gasteiger partial charge on any atom is -0.493 e. The second-order valence-corrected chi connectivity index (χ2v) is 4.32. The average Bonchev–Trinajstić information content (AvgIpc) is 2.51. The van der Waals surface area contributed by atoms with Crippen molar-refractivity contribution >= 4 is 23.0 Å². The predicted octanol–water partition coefficient (Wildman–Crippen LogP) is 2.39. The van der Waals surface area contributed by atoms with Crippen LogP contribution in [0.5, 0.6) is 11.5 Å². The van der Waals surface area contributed by atoms with Crippen LogP contribution in [0.1, 0.15) is 12.5 Å². The lowest BCUT2D eigenvalue weighted by Crippen LogP contribution is -2.04. The highest BCUT2D eigenvalue weighted by Gasteiger charge is 2.10. The quantitative estimate of drug-likeness (QED) is 0.479. The van der Waals surface area contributed by atoms with Crippen LogP contribution in [0.4, 0.5) is 0 Å². The standard InChI is InChI=1S/C16H16O6/c1-4-21-15(17)6-5-10-7-11-8-13(19-2)14(20-3)9-12(11)22-16(10)18/h5-9H,4H2,1-3H3/b6-5+. The van der Waals surface area contributed by atoms with Gasteiger partial charge in [-0.1, -0.05) is 0 Å². The minimum absolute atomic E-state index is 0.243. The molecule has 0 aliphatic heterocycles. The molecule has 0 atom stereocenters. The van der Waals surface area contributed by atoms with Gasteiger partial charge in [0.25, 0.3) is 0 Å². The fraction of sp³-hybridized carbons (Fsp3) is 0.250. The van der Waals surface area contributed by atoms with E-state index in [4.69, 9.17) is 18.6 Å². The molecule has 6 heteroatoms. The molecular weight excluding hydrogens is 288 g/mol. The van der Waals surface area contributed by atoms with Gasteiger partial charge in [-0.25, -0.2) is 9.59 Å². The molecule has 0 bridgehead atoms. The van der Waals surface area contributed by atoms with Gasteiger partial charge in [0.1, 0.15) is 5.58 Å². The Morgan fingerprint density at radius 2 is 1.86 bits per heavy atom. The van der Waals surface area contributed by atoms with E-state index in [1.54, 1.807) is 25.1 Å². The van der Waals surface area contributed by atoms with E-state index in [-0.39, 0.29) is 12.2 Å². The number of carbonyl (C=O) groups excluding carboxylic acids is 1. The molecule has 0 spiro atoms.